The van der Waals surface area contributed by atoms with Crippen molar-refractivity contribution in [3.8, 4) is 5.88 Å². The number of nitrogens with one attached hydrogen (secondary N) is 1. The van der Waals surface area contributed by atoms with Crippen LogP contribution in [0.2, 0.25) is 0 Å². The summed E-state index contributed by atoms with van der Waals surface area (Å²) in [5.74, 6) is -5.23. The minimum atomic E-state index is -1.69. The summed E-state index contributed by atoms with van der Waals surface area (Å²) in [5.41, 5.74) is -0.314. The van der Waals surface area contributed by atoms with Gasteiger partial charge in [0.05, 0.1) is 18.8 Å². The molecule has 1 atom stereocenters. The molecule has 1 aliphatic rings. The van der Waals surface area contributed by atoms with Crippen LogP contribution >= 0.6 is 0 Å². The normalized spacial score (nSPS) is 16.9. The molecule has 0 aliphatic carbocycles. The fourth-order valence-electron chi connectivity index (χ4n) is 2.23. The van der Waals surface area contributed by atoms with E-state index in [1.165, 1.54) is 18.3 Å². The van der Waals surface area contributed by atoms with E-state index < -0.39 is 28.9 Å². The lowest BCUT2D eigenvalue weighted by molar-refractivity contribution is 0.102. The Bertz CT molecular complexity index is 764. The summed E-state index contributed by atoms with van der Waals surface area (Å²) in [6, 6.07) is 4.48. The molecule has 0 spiro atoms. The third-order valence-electron chi connectivity index (χ3n) is 3.45. The number of halogens is 3. The van der Waals surface area contributed by atoms with Gasteiger partial charge in [-0.15, -0.1) is 0 Å². The molecule has 1 aromatic carbocycles. The highest BCUT2D eigenvalue weighted by Gasteiger charge is 2.20. The molecule has 24 heavy (non-hydrogen) atoms. The molecule has 0 unspecified atom stereocenters. The number of ether oxygens (including phenoxy) is 2. The molecular formula is C16H13F3N2O3. The fraction of sp³-hybridized carbons (Fsp3) is 0.250. The molecule has 1 aromatic heterocycles. The zero-order chi connectivity index (χ0) is 17.1. The molecule has 0 saturated carbocycles. The summed E-state index contributed by atoms with van der Waals surface area (Å²) in [6.07, 6.45) is 2.02. The Morgan fingerprint density at radius 2 is 2.08 bits per heavy atom. The lowest BCUT2D eigenvalue weighted by atomic mass is 10.2. The van der Waals surface area contributed by atoms with Crippen molar-refractivity contribution in [2.75, 3.05) is 18.5 Å². The summed E-state index contributed by atoms with van der Waals surface area (Å²) >= 11 is 0. The maximum Gasteiger partial charge on any atom is 0.258 e. The highest BCUT2D eigenvalue weighted by atomic mass is 19.2. The molecule has 2 heterocycles. The minimum Gasteiger partial charge on any atom is -0.472 e. The van der Waals surface area contributed by atoms with Crippen LogP contribution in [0, 0.1) is 17.5 Å². The minimum absolute atomic E-state index is 0.118. The molecule has 1 N–H and O–H groups in total. The number of hydrogen-bond donors (Lipinski definition) is 1. The van der Waals surface area contributed by atoms with Gasteiger partial charge >= 0.3 is 0 Å². The Kier molecular flexibility index (Phi) is 4.66. The van der Waals surface area contributed by atoms with E-state index >= 15 is 0 Å². The zero-order valence-corrected chi connectivity index (χ0v) is 12.4. The average Bonchev–Trinajstić information content (AvgIpc) is 3.06. The number of carbonyl (C=O) groups excluding carboxylic acids is 1. The third-order valence-corrected chi connectivity index (χ3v) is 3.45. The van der Waals surface area contributed by atoms with Crippen molar-refractivity contribution >= 4 is 11.6 Å². The molecule has 1 amide bonds. The number of rotatable bonds is 4. The largest absolute Gasteiger partial charge is 0.472 e. The van der Waals surface area contributed by atoms with Gasteiger partial charge in [-0.1, -0.05) is 0 Å². The van der Waals surface area contributed by atoms with Gasteiger partial charge in [0.1, 0.15) is 6.10 Å². The van der Waals surface area contributed by atoms with Gasteiger partial charge in [-0.3, -0.25) is 4.79 Å². The molecule has 126 valence electrons. The van der Waals surface area contributed by atoms with Crippen molar-refractivity contribution < 1.29 is 27.4 Å². The Morgan fingerprint density at radius 3 is 2.83 bits per heavy atom. The average molecular weight is 338 g/mol. The fourth-order valence-corrected chi connectivity index (χ4v) is 2.23. The first-order valence-corrected chi connectivity index (χ1v) is 7.20. The van der Waals surface area contributed by atoms with Gasteiger partial charge < -0.3 is 14.8 Å². The maximum absolute atomic E-state index is 13.6. The molecule has 1 fully saturated rings. The predicted octanol–water partition coefficient (Wildman–Crippen LogP) is 2.92. The van der Waals surface area contributed by atoms with Gasteiger partial charge in [0.15, 0.2) is 17.5 Å². The Labute approximate surface area is 135 Å². The van der Waals surface area contributed by atoms with Gasteiger partial charge in [0.2, 0.25) is 5.88 Å². The molecule has 2 aromatic rings. The Morgan fingerprint density at radius 1 is 1.25 bits per heavy atom. The van der Waals surface area contributed by atoms with Gasteiger partial charge in [-0.05, 0) is 18.2 Å². The van der Waals surface area contributed by atoms with Gasteiger partial charge in [-0.25, -0.2) is 18.2 Å². The molecule has 3 rings (SSSR count). The van der Waals surface area contributed by atoms with Gasteiger partial charge in [0, 0.05) is 24.4 Å². The third kappa shape index (κ3) is 3.48. The molecule has 5 nitrogen and oxygen atoms in total. The first-order chi connectivity index (χ1) is 11.5. The van der Waals surface area contributed by atoms with Crippen LogP contribution in [0.5, 0.6) is 5.88 Å². The number of carbonyl (C=O) groups is 1. The quantitative estimate of drug-likeness (QED) is 0.871. The van der Waals surface area contributed by atoms with Crippen LogP contribution in [0.15, 0.2) is 30.5 Å². The number of nitrogens with zero attached hydrogens (tertiary/aromatic N) is 1. The number of benzene rings is 1. The number of anilines is 1. The van der Waals surface area contributed by atoms with Crippen LogP contribution in [0.3, 0.4) is 0 Å². The molecule has 0 radical (unpaired) electrons. The second kappa shape index (κ2) is 6.88. The standard InChI is InChI=1S/C16H13F3N2O3/c17-12-2-1-11(14(18)15(12)19)16(22)21-9-3-5-20-13(7-9)24-10-4-6-23-8-10/h1-3,5,7,10H,4,6,8H2,(H,20,21,22)/t10-/m1/s1. The SMILES string of the molecule is O=C(Nc1ccnc(O[C@@H]2CCOC2)c1)c1ccc(F)c(F)c1F. The van der Waals surface area contributed by atoms with Crippen LogP contribution in [0.4, 0.5) is 18.9 Å². The zero-order valence-electron chi connectivity index (χ0n) is 12.4. The van der Waals surface area contributed by atoms with E-state index in [2.05, 4.69) is 10.3 Å². The topological polar surface area (TPSA) is 60.5 Å². The van der Waals surface area contributed by atoms with Crippen LogP contribution < -0.4 is 10.1 Å². The lowest BCUT2D eigenvalue weighted by Crippen LogP contribution is -2.17. The molecule has 8 heteroatoms. The molecular weight excluding hydrogens is 325 g/mol. The van der Waals surface area contributed by atoms with Crippen molar-refractivity contribution in [3.05, 3.63) is 53.5 Å². The van der Waals surface area contributed by atoms with Crippen molar-refractivity contribution in [2.45, 2.75) is 12.5 Å². The molecule has 1 saturated heterocycles. The van der Waals surface area contributed by atoms with E-state index in [0.29, 0.717) is 19.3 Å². The highest BCUT2D eigenvalue weighted by molar-refractivity contribution is 6.04. The van der Waals surface area contributed by atoms with Crippen molar-refractivity contribution in [1.82, 2.24) is 4.98 Å². The van der Waals surface area contributed by atoms with Gasteiger partial charge in [-0.2, -0.15) is 0 Å². The van der Waals surface area contributed by atoms with Crippen molar-refractivity contribution in [2.24, 2.45) is 0 Å². The van der Waals surface area contributed by atoms with Crippen LogP contribution in [-0.2, 0) is 4.74 Å². The molecule has 1 aliphatic heterocycles. The van der Waals surface area contributed by atoms with E-state index in [1.54, 1.807) is 0 Å². The molecule has 0 bridgehead atoms. The van der Waals surface area contributed by atoms with Crippen molar-refractivity contribution in [3.63, 3.8) is 0 Å². The number of pyridine rings is 1. The second-order valence-electron chi connectivity index (χ2n) is 5.16. The maximum atomic E-state index is 13.6. The summed E-state index contributed by atoms with van der Waals surface area (Å²) in [6.45, 7) is 1.06. The number of amides is 1. The first-order valence-electron chi connectivity index (χ1n) is 7.20. The van der Waals surface area contributed by atoms with E-state index in [4.69, 9.17) is 9.47 Å². The summed E-state index contributed by atoms with van der Waals surface area (Å²) < 4.78 is 50.5. The first kappa shape index (κ1) is 16.3. The van der Waals surface area contributed by atoms with Crippen LogP contribution in [-0.4, -0.2) is 30.2 Å². The summed E-state index contributed by atoms with van der Waals surface area (Å²) in [5, 5.41) is 2.39. The van der Waals surface area contributed by atoms with E-state index in [1.807, 2.05) is 0 Å². The van der Waals surface area contributed by atoms with Crippen LogP contribution in [0.25, 0.3) is 0 Å². The number of hydrogen-bond acceptors (Lipinski definition) is 4. The van der Waals surface area contributed by atoms with E-state index in [0.717, 1.165) is 12.5 Å². The van der Waals surface area contributed by atoms with E-state index in [9.17, 15) is 18.0 Å². The monoisotopic (exact) mass is 338 g/mol. The highest BCUT2D eigenvalue weighted by Crippen LogP contribution is 2.20. The van der Waals surface area contributed by atoms with Gasteiger partial charge in [0.25, 0.3) is 5.91 Å². The smallest absolute Gasteiger partial charge is 0.258 e. The number of aromatic nitrogens is 1. The summed E-state index contributed by atoms with van der Waals surface area (Å²) in [7, 11) is 0. The Hall–Kier alpha value is -2.61. The summed E-state index contributed by atoms with van der Waals surface area (Å²) in [4.78, 5) is 16.0. The Balaban J connectivity index is 1.73. The lowest BCUT2D eigenvalue weighted by Gasteiger charge is -2.12. The second-order valence-corrected chi connectivity index (χ2v) is 5.16. The van der Waals surface area contributed by atoms with Crippen LogP contribution in [0.1, 0.15) is 16.8 Å². The predicted molar refractivity (Wildman–Crippen MR) is 78.4 cm³/mol. The van der Waals surface area contributed by atoms with Crippen molar-refractivity contribution in [1.29, 1.82) is 0 Å². The van der Waals surface area contributed by atoms with E-state index in [-0.39, 0.29) is 17.7 Å².